The SMILES string of the molecule is Cn1c(=O)n(CCCCC2CN(c3ccc4c(n3)NC(=O)CS4)C(=O)O2)c(=O)c2ccccc21. The fraction of sp³-hybridized carbons (Fsp3) is 0.348. The van der Waals surface area contributed by atoms with Crippen LogP contribution in [-0.2, 0) is 23.1 Å². The highest BCUT2D eigenvalue weighted by molar-refractivity contribution is 8.00. The highest BCUT2D eigenvalue weighted by Crippen LogP contribution is 2.33. The summed E-state index contributed by atoms with van der Waals surface area (Å²) in [7, 11) is 1.66. The molecule has 5 rings (SSSR count). The van der Waals surface area contributed by atoms with Gasteiger partial charge in [0.25, 0.3) is 5.56 Å². The molecule has 1 unspecified atom stereocenters. The molecule has 0 radical (unpaired) electrons. The maximum Gasteiger partial charge on any atom is 0.415 e. The van der Waals surface area contributed by atoms with Gasteiger partial charge in [0.15, 0.2) is 0 Å². The zero-order chi connectivity index (χ0) is 23.8. The van der Waals surface area contributed by atoms with Crippen LogP contribution in [0.25, 0.3) is 10.9 Å². The van der Waals surface area contributed by atoms with E-state index >= 15 is 0 Å². The van der Waals surface area contributed by atoms with Crippen LogP contribution in [0.2, 0.25) is 0 Å². The highest BCUT2D eigenvalue weighted by Gasteiger charge is 2.33. The molecular weight excluding hydrogens is 458 g/mol. The number of nitrogens with zero attached hydrogens (tertiary/aromatic N) is 4. The Morgan fingerprint density at radius 2 is 1.94 bits per heavy atom. The van der Waals surface area contributed by atoms with Gasteiger partial charge in [-0.15, -0.1) is 11.8 Å². The van der Waals surface area contributed by atoms with E-state index in [2.05, 4.69) is 10.3 Å². The Morgan fingerprint density at radius 1 is 1.12 bits per heavy atom. The number of rotatable bonds is 6. The first-order valence-corrected chi connectivity index (χ1v) is 12.0. The number of pyridine rings is 1. The normalized spacial score (nSPS) is 17.6. The molecule has 0 spiro atoms. The standard InChI is InChI=1S/C23H23N5O5S/c1-26-16-8-3-2-7-15(16)21(30)27(22(26)31)11-5-4-6-14-12-28(23(32)33-14)18-10-9-17-20(24-18)25-19(29)13-34-17/h2-3,7-10,14H,4-6,11-13H2,1H3,(H,24,25,29). The van der Waals surface area contributed by atoms with Crippen LogP contribution < -0.4 is 21.5 Å². The molecule has 1 atom stereocenters. The molecule has 0 bridgehead atoms. The highest BCUT2D eigenvalue weighted by atomic mass is 32.2. The Balaban J connectivity index is 1.20. The number of carbonyl (C=O) groups is 2. The van der Waals surface area contributed by atoms with E-state index in [0.717, 1.165) is 4.90 Å². The van der Waals surface area contributed by atoms with Crippen LogP contribution in [0.1, 0.15) is 19.3 Å². The second-order valence-electron chi connectivity index (χ2n) is 8.28. The van der Waals surface area contributed by atoms with Gasteiger partial charge in [0, 0.05) is 13.6 Å². The van der Waals surface area contributed by atoms with Crippen LogP contribution in [0.5, 0.6) is 0 Å². The fourth-order valence-electron chi connectivity index (χ4n) is 4.27. The number of anilines is 2. The van der Waals surface area contributed by atoms with Crippen molar-refractivity contribution in [2.24, 2.45) is 7.05 Å². The number of para-hydroxylation sites is 1. The number of ether oxygens (including phenoxy) is 1. The van der Waals surface area contributed by atoms with Gasteiger partial charge in [-0.25, -0.2) is 14.6 Å². The molecular formula is C23H23N5O5S. The summed E-state index contributed by atoms with van der Waals surface area (Å²) in [5, 5.41) is 3.24. The smallest absolute Gasteiger partial charge is 0.415 e. The van der Waals surface area contributed by atoms with Gasteiger partial charge in [-0.1, -0.05) is 12.1 Å². The van der Waals surface area contributed by atoms with E-state index in [1.165, 1.54) is 25.8 Å². The zero-order valence-corrected chi connectivity index (χ0v) is 19.3. The first-order valence-electron chi connectivity index (χ1n) is 11.0. The average molecular weight is 482 g/mol. The van der Waals surface area contributed by atoms with Crippen LogP contribution in [0.4, 0.5) is 16.4 Å². The number of fused-ring (bicyclic) bond motifs is 2. The molecule has 10 nitrogen and oxygen atoms in total. The van der Waals surface area contributed by atoms with Gasteiger partial charge in [-0.05, 0) is 43.5 Å². The molecule has 2 aromatic heterocycles. The van der Waals surface area contributed by atoms with E-state index in [-0.39, 0.29) is 23.3 Å². The summed E-state index contributed by atoms with van der Waals surface area (Å²) in [6.07, 6.45) is 1.08. The van der Waals surface area contributed by atoms with Crippen molar-refractivity contribution < 1.29 is 14.3 Å². The average Bonchev–Trinajstić information content (AvgIpc) is 3.22. The maximum atomic E-state index is 12.8. The lowest BCUT2D eigenvalue weighted by Gasteiger charge is -2.18. The minimum atomic E-state index is -0.480. The molecule has 176 valence electrons. The molecule has 1 N–H and O–H groups in total. The van der Waals surface area contributed by atoms with Crippen molar-refractivity contribution in [3.63, 3.8) is 0 Å². The molecule has 1 saturated heterocycles. The summed E-state index contributed by atoms with van der Waals surface area (Å²) in [5.74, 6) is 1.11. The van der Waals surface area contributed by atoms with Crippen molar-refractivity contribution in [2.45, 2.75) is 36.8 Å². The number of carbonyl (C=O) groups excluding carboxylic acids is 2. The molecule has 0 aliphatic carbocycles. The molecule has 3 aromatic rings. The molecule has 0 saturated carbocycles. The van der Waals surface area contributed by atoms with Crippen molar-refractivity contribution in [3.8, 4) is 0 Å². The molecule has 1 aromatic carbocycles. The van der Waals surface area contributed by atoms with Crippen LogP contribution in [-0.4, -0.2) is 44.5 Å². The predicted molar refractivity (Wildman–Crippen MR) is 129 cm³/mol. The molecule has 2 aliphatic rings. The van der Waals surface area contributed by atoms with E-state index in [9.17, 15) is 19.2 Å². The Hall–Kier alpha value is -3.60. The minimum Gasteiger partial charge on any atom is -0.444 e. The molecule has 1 fully saturated rings. The van der Waals surface area contributed by atoms with E-state index in [1.807, 2.05) is 6.07 Å². The Kier molecular flexibility index (Phi) is 5.86. The van der Waals surface area contributed by atoms with E-state index < -0.39 is 6.09 Å². The van der Waals surface area contributed by atoms with Crippen LogP contribution in [0.15, 0.2) is 50.9 Å². The number of aryl methyl sites for hydroxylation is 1. The fourth-order valence-corrected chi connectivity index (χ4v) is 5.02. The molecule has 34 heavy (non-hydrogen) atoms. The topological polar surface area (TPSA) is 116 Å². The van der Waals surface area contributed by atoms with Crippen molar-refractivity contribution in [1.29, 1.82) is 0 Å². The molecule has 11 heteroatoms. The van der Waals surface area contributed by atoms with Crippen molar-refractivity contribution >= 4 is 46.3 Å². The van der Waals surface area contributed by atoms with Crippen LogP contribution in [0, 0.1) is 0 Å². The summed E-state index contributed by atoms with van der Waals surface area (Å²) >= 11 is 1.41. The number of hydrogen-bond donors (Lipinski definition) is 1. The van der Waals surface area contributed by atoms with E-state index in [4.69, 9.17) is 4.74 Å². The molecule has 2 aliphatic heterocycles. The largest absolute Gasteiger partial charge is 0.444 e. The van der Waals surface area contributed by atoms with Gasteiger partial charge < -0.3 is 10.1 Å². The van der Waals surface area contributed by atoms with Crippen molar-refractivity contribution in [2.75, 3.05) is 22.5 Å². The number of unbranched alkanes of at least 4 members (excludes halogenated alkanes) is 1. The van der Waals surface area contributed by atoms with Gasteiger partial charge >= 0.3 is 11.8 Å². The third-order valence-electron chi connectivity index (χ3n) is 6.03. The quantitative estimate of drug-likeness (QED) is 0.537. The summed E-state index contributed by atoms with van der Waals surface area (Å²) in [6, 6.07) is 10.6. The summed E-state index contributed by atoms with van der Waals surface area (Å²) in [5.41, 5.74) is -0.0209. The maximum absolute atomic E-state index is 12.8. The number of nitrogens with one attached hydrogen (secondary N) is 1. The number of aromatic nitrogens is 3. The number of cyclic esters (lactones) is 1. The van der Waals surface area contributed by atoms with Crippen molar-refractivity contribution in [3.05, 3.63) is 57.2 Å². The first-order chi connectivity index (χ1) is 16.4. The third-order valence-corrected chi connectivity index (χ3v) is 7.07. The van der Waals surface area contributed by atoms with E-state index in [0.29, 0.717) is 60.6 Å². The lowest BCUT2D eigenvalue weighted by molar-refractivity contribution is -0.113. The van der Waals surface area contributed by atoms with Crippen molar-refractivity contribution in [1.82, 2.24) is 14.1 Å². The van der Waals surface area contributed by atoms with Gasteiger partial charge in [-0.3, -0.25) is 23.6 Å². The zero-order valence-electron chi connectivity index (χ0n) is 18.5. The Labute approximate surface area is 198 Å². The van der Waals surface area contributed by atoms with Gasteiger partial charge in [0.2, 0.25) is 5.91 Å². The number of amides is 2. The van der Waals surface area contributed by atoms with Gasteiger partial charge in [0.1, 0.15) is 17.7 Å². The minimum absolute atomic E-state index is 0.121. The number of thioether (sulfide) groups is 1. The number of hydrogen-bond acceptors (Lipinski definition) is 7. The van der Waals surface area contributed by atoms with E-state index in [1.54, 1.807) is 37.4 Å². The monoisotopic (exact) mass is 481 g/mol. The molecule has 4 heterocycles. The number of benzene rings is 1. The second kappa shape index (κ2) is 8.98. The Bertz CT molecular complexity index is 1420. The lowest BCUT2D eigenvalue weighted by Crippen LogP contribution is -2.39. The van der Waals surface area contributed by atoms with Crippen LogP contribution in [0.3, 0.4) is 0 Å². The molecule has 2 amide bonds. The van der Waals surface area contributed by atoms with Gasteiger partial charge in [-0.2, -0.15) is 0 Å². The summed E-state index contributed by atoms with van der Waals surface area (Å²) in [4.78, 5) is 56.2. The predicted octanol–water partition coefficient (Wildman–Crippen LogP) is 2.34. The lowest BCUT2D eigenvalue weighted by atomic mass is 10.1. The van der Waals surface area contributed by atoms with Gasteiger partial charge in [0.05, 0.1) is 28.1 Å². The second-order valence-corrected chi connectivity index (χ2v) is 9.30. The van der Waals surface area contributed by atoms with Crippen LogP contribution >= 0.6 is 11.8 Å². The Morgan fingerprint density at radius 3 is 2.79 bits per heavy atom. The first kappa shape index (κ1) is 22.2. The third kappa shape index (κ3) is 4.07. The summed E-state index contributed by atoms with van der Waals surface area (Å²) in [6.45, 7) is 0.647. The summed E-state index contributed by atoms with van der Waals surface area (Å²) < 4.78 is 8.24.